The lowest BCUT2D eigenvalue weighted by molar-refractivity contribution is 0.0825. The van der Waals surface area contributed by atoms with Gasteiger partial charge in [-0.05, 0) is 32.0 Å². The molecule has 5 heteroatoms. The van der Waals surface area contributed by atoms with Crippen LogP contribution in [0.1, 0.15) is 24.1 Å². The van der Waals surface area contributed by atoms with Crippen LogP contribution in [0.15, 0.2) is 28.8 Å². The van der Waals surface area contributed by atoms with Gasteiger partial charge in [-0.2, -0.15) is 5.10 Å². The normalized spacial score (nSPS) is 19.4. The van der Waals surface area contributed by atoms with Crippen molar-refractivity contribution in [2.75, 3.05) is 19.8 Å². The zero-order valence-electron chi connectivity index (χ0n) is 12.8. The summed E-state index contributed by atoms with van der Waals surface area (Å²) in [5.74, 6) is 2.45. The van der Waals surface area contributed by atoms with E-state index in [2.05, 4.69) is 26.8 Å². The molecule has 2 aromatic heterocycles. The van der Waals surface area contributed by atoms with Gasteiger partial charge in [0, 0.05) is 38.4 Å². The third-order valence-corrected chi connectivity index (χ3v) is 3.87. The van der Waals surface area contributed by atoms with Gasteiger partial charge in [0.05, 0.1) is 18.8 Å². The van der Waals surface area contributed by atoms with Gasteiger partial charge in [0.15, 0.2) is 0 Å². The smallest absolute Gasteiger partial charge is 0.118 e. The summed E-state index contributed by atoms with van der Waals surface area (Å²) in [5.41, 5.74) is 1.26. The molecule has 0 aromatic carbocycles. The molecular formula is C16H23N3O2. The lowest BCUT2D eigenvalue weighted by Crippen LogP contribution is -2.30. The first-order valence-corrected chi connectivity index (χ1v) is 7.60. The summed E-state index contributed by atoms with van der Waals surface area (Å²) in [5, 5.41) is 4.43. The van der Waals surface area contributed by atoms with Crippen molar-refractivity contribution < 1.29 is 9.15 Å². The summed E-state index contributed by atoms with van der Waals surface area (Å²) >= 11 is 0. The molecule has 0 saturated carbocycles. The Hall–Kier alpha value is -1.59. The number of rotatable bonds is 5. The molecule has 0 N–H and O–H groups in total. The van der Waals surface area contributed by atoms with Gasteiger partial charge < -0.3 is 9.15 Å². The van der Waals surface area contributed by atoms with Crippen molar-refractivity contribution in [1.29, 1.82) is 0 Å². The van der Waals surface area contributed by atoms with Crippen LogP contribution >= 0.6 is 0 Å². The van der Waals surface area contributed by atoms with Crippen LogP contribution in [0.25, 0.3) is 0 Å². The largest absolute Gasteiger partial charge is 0.465 e. The van der Waals surface area contributed by atoms with Crippen LogP contribution in [0.2, 0.25) is 0 Å². The van der Waals surface area contributed by atoms with Crippen LogP contribution in [0, 0.1) is 12.8 Å². The molecule has 0 bridgehead atoms. The molecule has 21 heavy (non-hydrogen) atoms. The molecule has 1 aliphatic heterocycles. The van der Waals surface area contributed by atoms with Gasteiger partial charge in [0.25, 0.3) is 0 Å². The van der Waals surface area contributed by atoms with E-state index in [1.165, 1.54) is 5.69 Å². The van der Waals surface area contributed by atoms with Gasteiger partial charge in [-0.1, -0.05) is 0 Å². The third-order valence-electron chi connectivity index (χ3n) is 3.87. The highest BCUT2D eigenvalue weighted by Gasteiger charge is 2.23. The molecule has 1 aliphatic rings. The van der Waals surface area contributed by atoms with Crippen molar-refractivity contribution in [2.24, 2.45) is 5.92 Å². The first kappa shape index (κ1) is 14.4. The molecule has 1 atom stereocenters. The van der Waals surface area contributed by atoms with Gasteiger partial charge in [-0.3, -0.25) is 9.58 Å². The molecule has 0 amide bonds. The molecule has 0 fully saturated rings. The fourth-order valence-electron chi connectivity index (χ4n) is 2.92. The SMILES string of the molecule is CCOC[C@H]1CN(Cc2ccc(C)o2)Cc2ccnn2C1. The molecule has 3 heterocycles. The number of ether oxygens (including phenoxy) is 1. The van der Waals surface area contributed by atoms with E-state index >= 15 is 0 Å². The maximum absolute atomic E-state index is 5.72. The van der Waals surface area contributed by atoms with Crippen molar-refractivity contribution >= 4 is 0 Å². The summed E-state index contributed by atoms with van der Waals surface area (Å²) in [7, 11) is 0. The summed E-state index contributed by atoms with van der Waals surface area (Å²) in [4.78, 5) is 2.42. The van der Waals surface area contributed by atoms with Crippen molar-refractivity contribution in [3.63, 3.8) is 0 Å². The average molecular weight is 289 g/mol. The fraction of sp³-hybridized carbons (Fsp3) is 0.562. The second-order valence-electron chi connectivity index (χ2n) is 5.71. The van der Waals surface area contributed by atoms with Crippen LogP contribution in [0.4, 0.5) is 0 Å². The molecule has 0 unspecified atom stereocenters. The number of nitrogens with zero attached hydrogens (tertiary/aromatic N) is 3. The molecule has 0 spiro atoms. The lowest BCUT2D eigenvalue weighted by Gasteiger charge is -2.22. The van der Waals surface area contributed by atoms with Crippen LogP contribution in [-0.2, 0) is 24.4 Å². The summed E-state index contributed by atoms with van der Waals surface area (Å²) in [6.45, 7) is 9.24. The minimum Gasteiger partial charge on any atom is -0.465 e. The molecule has 5 nitrogen and oxygen atoms in total. The van der Waals surface area contributed by atoms with Crippen molar-refractivity contribution in [3.8, 4) is 0 Å². The quantitative estimate of drug-likeness (QED) is 0.848. The van der Waals surface area contributed by atoms with E-state index in [1.54, 1.807) is 0 Å². The Bertz CT molecular complexity index is 576. The molecule has 114 valence electrons. The predicted molar refractivity (Wildman–Crippen MR) is 79.8 cm³/mol. The zero-order chi connectivity index (χ0) is 14.7. The topological polar surface area (TPSA) is 43.4 Å². The maximum Gasteiger partial charge on any atom is 0.118 e. The van der Waals surface area contributed by atoms with E-state index in [0.29, 0.717) is 5.92 Å². The lowest BCUT2D eigenvalue weighted by atomic mass is 10.1. The van der Waals surface area contributed by atoms with E-state index in [-0.39, 0.29) is 0 Å². The standard InChI is InChI=1S/C16H23N3O2/c1-3-20-12-14-8-18(11-16-5-4-13(2)21-16)10-15-6-7-17-19(15)9-14/h4-7,14H,3,8-12H2,1-2H3/t14-/m0/s1. The van der Waals surface area contributed by atoms with E-state index in [1.807, 2.05) is 26.1 Å². The molecule has 3 rings (SSSR count). The molecule has 2 aromatic rings. The number of aryl methyl sites for hydroxylation is 1. The second kappa shape index (κ2) is 6.45. The first-order chi connectivity index (χ1) is 10.2. The Morgan fingerprint density at radius 2 is 2.24 bits per heavy atom. The third kappa shape index (κ3) is 3.54. The van der Waals surface area contributed by atoms with E-state index in [0.717, 1.165) is 50.9 Å². The Balaban J connectivity index is 1.73. The van der Waals surface area contributed by atoms with Crippen molar-refractivity contribution in [1.82, 2.24) is 14.7 Å². The molecule has 0 saturated heterocycles. The van der Waals surface area contributed by atoms with Crippen molar-refractivity contribution in [3.05, 3.63) is 41.6 Å². The zero-order valence-corrected chi connectivity index (χ0v) is 12.8. The number of hydrogen-bond acceptors (Lipinski definition) is 4. The number of fused-ring (bicyclic) bond motifs is 1. The highest BCUT2D eigenvalue weighted by Crippen LogP contribution is 2.19. The molecular weight excluding hydrogens is 266 g/mol. The fourth-order valence-corrected chi connectivity index (χ4v) is 2.92. The van der Waals surface area contributed by atoms with Crippen LogP contribution < -0.4 is 0 Å². The number of aromatic nitrogens is 2. The summed E-state index contributed by atoms with van der Waals surface area (Å²) < 4.78 is 13.5. The van der Waals surface area contributed by atoms with Gasteiger partial charge in [-0.25, -0.2) is 0 Å². The number of furan rings is 1. The Morgan fingerprint density at radius 1 is 1.33 bits per heavy atom. The predicted octanol–water partition coefficient (Wildman–Crippen LogP) is 2.45. The number of hydrogen-bond donors (Lipinski definition) is 0. The van der Waals surface area contributed by atoms with E-state index in [9.17, 15) is 0 Å². The van der Waals surface area contributed by atoms with Crippen LogP contribution in [0.3, 0.4) is 0 Å². The van der Waals surface area contributed by atoms with Crippen LogP contribution in [-0.4, -0.2) is 34.4 Å². The maximum atomic E-state index is 5.72. The monoisotopic (exact) mass is 289 g/mol. The van der Waals surface area contributed by atoms with E-state index in [4.69, 9.17) is 9.15 Å². The minimum absolute atomic E-state index is 0.460. The van der Waals surface area contributed by atoms with Gasteiger partial charge in [0.1, 0.15) is 11.5 Å². The van der Waals surface area contributed by atoms with Crippen molar-refractivity contribution in [2.45, 2.75) is 33.5 Å². The summed E-state index contributed by atoms with van der Waals surface area (Å²) in [6, 6.07) is 6.19. The second-order valence-corrected chi connectivity index (χ2v) is 5.71. The Kier molecular flexibility index (Phi) is 4.41. The summed E-state index contributed by atoms with van der Waals surface area (Å²) in [6.07, 6.45) is 1.88. The molecule has 0 radical (unpaired) electrons. The first-order valence-electron chi connectivity index (χ1n) is 7.60. The van der Waals surface area contributed by atoms with Gasteiger partial charge in [0.2, 0.25) is 0 Å². The van der Waals surface area contributed by atoms with E-state index < -0.39 is 0 Å². The highest BCUT2D eigenvalue weighted by atomic mass is 16.5. The average Bonchev–Trinajstić information content (AvgIpc) is 3.02. The van der Waals surface area contributed by atoms with Gasteiger partial charge >= 0.3 is 0 Å². The van der Waals surface area contributed by atoms with Crippen LogP contribution in [0.5, 0.6) is 0 Å². The highest BCUT2D eigenvalue weighted by molar-refractivity contribution is 5.07. The van der Waals surface area contributed by atoms with Gasteiger partial charge in [-0.15, -0.1) is 0 Å². The Labute approximate surface area is 125 Å². The Morgan fingerprint density at radius 3 is 3.00 bits per heavy atom. The minimum atomic E-state index is 0.460. The molecule has 0 aliphatic carbocycles.